The van der Waals surface area contributed by atoms with E-state index in [0.717, 1.165) is 15.7 Å². The van der Waals surface area contributed by atoms with Crippen molar-refractivity contribution in [2.24, 2.45) is 0 Å². The predicted molar refractivity (Wildman–Crippen MR) is 99.4 cm³/mol. The Labute approximate surface area is 150 Å². The van der Waals surface area contributed by atoms with Crippen LogP contribution in [0.3, 0.4) is 0 Å². The first-order chi connectivity index (χ1) is 12.5. The van der Waals surface area contributed by atoms with Crippen molar-refractivity contribution in [3.05, 3.63) is 80.5 Å². The van der Waals surface area contributed by atoms with E-state index in [1.807, 2.05) is 31.2 Å². The lowest BCUT2D eigenvalue weighted by molar-refractivity contribution is -0.143. The molecule has 0 aliphatic rings. The first-order valence-corrected chi connectivity index (χ1v) is 8.44. The van der Waals surface area contributed by atoms with E-state index in [9.17, 15) is 14.4 Å². The molecule has 0 saturated carbocycles. The number of benzene rings is 2. The highest BCUT2D eigenvalue weighted by atomic mass is 16.5. The molecule has 0 atom stereocenters. The maximum absolute atomic E-state index is 12.9. The molecule has 1 aromatic heterocycles. The molecule has 0 aliphatic heterocycles. The van der Waals surface area contributed by atoms with Crippen LogP contribution in [0.1, 0.15) is 18.1 Å². The summed E-state index contributed by atoms with van der Waals surface area (Å²) in [6.45, 7) is 3.82. The average molecular weight is 352 g/mol. The van der Waals surface area contributed by atoms with Gasteiger partial charge in [0.25, 0.3) is 5.56 Å². The Hall–Kier alpha value is -3.15. The number of hydrogen-bond donors (Lipinski definition) is 0. The number of nitrogens with zero attached hydrogens (tertiary/aromatic N) is 2. The van der Waals surface area contributed by atoms with Gasteiger partial charge in [0, 0.05) is 0 Å². The second-order valence-electron chi connectivity index (χ2n) is 6.07. The fourth-order valence-electron chi connectivity index (χ4n) is 2.87. The van der Waals surface area contributed by atoms with Crippen molar-refractivity contribution in [1.29, 1.82) is 0 Å². The number of esters is 1. The number of rotatable bonds is 5. The van der Waals surface area contributed by atoms with E-state index in [4.69, 9.17) is 4.74 Å². The molecule has 26 heavy (non-hydrogen) atoms. The third kappa shape index (κ3) is 3.44. The lowest BCUT2D eigenvalue weighted by Crippen LogP contribution is -2.41. The van der Waals surface area contributed by atoms with Gasteiger partial charge in [-0.1, -0.05) is 42.0 Å². The average Bonchev–Trinajstić information content (AvgIpc) is 2.64. The lowest BCUT2D eigenvalue weighted by Gasteiger charge is -2.13. The SMILES string of the molecule is CCOC(=O)Cn1c(=O)n(Cc2ccc(C)cc2)c(=O)c2ccccc21. The second kappa shape index (κ2) is 7.39. The Morgan fingerprint density at radius 1 is 1.00 bits per heavy atom. The van der Waals surface area contributed by atoms with Crippen LogP contribution >= 0.6 is 0 Å². The largest absolute Gasteiger partial charge is 0.465 e. The van der Waals surface area contributed by atoms with Crippen LogP contribution in [0.5, 0.6) is 0 Å². The van der Waals surface area contributed by atoms with Crippen molar-refractivity contribution >= 4 is 16.9 Å². The van der Waals surface area contributed by atoms with Crippen LogP contribution < -0.4 is 11.2 Å². The van der Waals surface area contributed by atoms with E-state index in [0.29, 0.717) is 10.9 Å². The summed E-state index contributed by atoms with van der Waals surface area (Å²) in [4.78, 5) is 37.7. The van der Waals surface area contributed by atoms with Crippen LogP contribution in [0.15, 0.2) is 58.1 Å². The Kier molecular flexibility index (Phi) is 5.02. The summed E-state index contributed by atoms with van der Waals surface area (Å²) < 4.78 is 7.42. The van der Waals surface area contributed by atoms with Gasteiger partial charge in [-0.2, -0.15) is 0 Å². The minimum atomic E-state index is -0.526. The molecule has 0 amide bonds. The van der Waals surface area contributed by atoms with Gasteiger partial charge in [0.1, 0.15) is 6.54 Å². The van der Waals surface area contributed by atoms with E-state index >= 15 is 0 Å². The monoisotopic (exact) mass is 352 g/mol. The Bertz CT molecular complexity index is 1060. The molecule has 6 nitrogen and oxygen atoms in total. The molecule has 0 fully saturated rings. The zero-order valence-electron chi connectivity index (χ0n) is 14.8. The standard InChI is InChI=1S/C20H20N2O4/c1-3-26-18(23)13-21-17-7-5-4-6-16(17)19(24)22(20(21)25)12-15-10-8-14(2)9-11-15/h4-11H,3,12-13H2,1-2H3. The maximum Gasteiger partial charge on any atom is 0.332 e. The van der Waals surface area contributed by atoms with E-state index in [-0.39, 0.29) is 25.3 Å². The zero-order valence-corrected chi connectivity index (χ0v) is 14.8. The fourth-order valence-corrected chi connectivity index (χ4v) is 2.87. The van der Waals surface area contributed by atoms with Crippen LogP contribution in [0.2, 0.25) is 0 Å². The summed E-state index contributed by atoms with van der Waals surface area (Å²) in [7, 11) is 0. The second-order valence-corrected chi connectivity index (χ2v) is 6.07. The smallest absolute Gasteiger partial charge is 0.332 e. The van der Waals surface area contributed by atoms with Gasteiger partial charge in [0.2, 0.25) is 0 Å². The topological polar surface area (TPSA) is 70.3 Å². The van der Waals surface area contributed by atoms with Crippen LogP contribution in [0.4, 0.5) is 0 Å². The van der Waals surface area contributed by atoms with E-state index in [1.165, 1.54) is 4.57 Å². The molecule has 0 radical (unpaired) electrons. The number of carbonyl (C=O) groups excluding carboxylic acids is 1. The summed E-state index contributed by atoms with van der Waals surface area (Å²) >= 11 is 0. The van der Waals surface area contributed by atoms with Crippen molar-refractivity contribution in [3.8, 4) is 0 Å². The van der Waals surface area contributed by atoms with Gasteiger partial charge in [0.15, 0.2) is 0 Å². The number of aryl methyl sites for hydroxylation is 1. The molecule has 3 rings (SSSR count). The number of para-hydroxylation sites is 1. The van der Waals surface area contributed by atoms with Crippen molar-refractivity contribution in [2.45, 2.75) is 26.9 Å². The summed E-state index contributed by atoms with van der Waals surface area (Å²) in [6.07, 6.45) is 0. The molecule has 0 N–H and O–H groups in total. The fraction of sp³-hybridized carbons (Fsp3) is 0.250. The van der Waals surface area contributed by atoms with Crippen molar-refractivity contribution in [3.63, 3.8) is 0 Å². The minimum Gasteiger partial charge on any atom is -0.465 e. The summed E-state index contributed by atoms with van der Waals surface area (Å²) in [5, 5.41) is 0.392. The van der Waals surface area contributed by atoms with Gasteiger partial charge in [-0.15, -0.1) is 0 Å². The molecule has 134 valence electrons. The van der Waals surface area contributed by atoms with Crippen LogP contribution in [-0.2, 0) is 22.6 Å². The quantitative estimate of drug-likeness (QED) is 0.659. The molecule has 1 heterocycles. The van der Waals surface area contributed by atoms with Crippen molar-refractivity contribution < 1.29 is 9.53 Å². The molecule has 3 aromatic rings. The lowest BCUT2D eigenvalue weighted by atomic mass is 10.1. The molecule has 0 bridgehead atoms. The van der Waals surface area contributed by atoms with Crippen LogP contribution in [0.25, 0.3) is 10.9 Å². The van der Waals surface area contributed by atoms with E-state index < -0.39 is 11.7 Å². The zero-order chi connectivity index (χ0) is 18.7. The molecule has 0 aliphatic carbocycles. The molecule has 0 saturated heterocycles. The van der Waals surface area contributed by atoms with Gasteiger partial charge < -0.3 is 4.74 Å². The van der Waals surface area contributed by atoms with Gasteiger partial charge in [0.05, 0.1) is 24.1 Å². The number of carbonyl (C=O) groups is 1. The first kappa shape index (κ1) is 17.7. The normalized spacial score (nSPS) is 10.8. The number of hydrogen-bond acceptors (Lipinski definition) is 4. The van der Waals surface area contributed by atoms with Gasteiger partial charge in [-0.25, -0.2) is 4.79 Å². The third-order valence-electron chi connectivity index (χ3n) is 4.19. The van der Waals surface area contributed by atoms with Crippen LogP contribution in [0, 0.1) is 6.92 Å². The van der Waals surface area contributed by atoms with Gasteiger partial charge in [-0.05, 0) is 31.5 Å². The highest BCUT2D eigenvalue weighted by Crippen LogP contribution is 2.09. The maximum atomic E-state index is 12.9. The Morgan fingerprint density at radius 2 is 1.69 bits per heavy atom. The summed E-state index contributed by atoms with van der Waals surface area (Å²) in [5.74, 6) is -0.514. The highest BCUT2D eigenvalue weighted by Gasteiger charge is 2.15. The summed E-state index contributed by atoms with van der Waals surface area (Å²) in [6, 6.07) is 14.4. The number of fused-ring (bicyclic) bond motifs is 1. The van der Waals surface area contributed by atoms with Gasteiger partial charge >= 0.3 is 11.7 Å². The number of aromatic nitrogens is 2. The van der Waals surface area contributed by atoms with E-state index in [2.05, 4.69) is 0 Å². The molecule has 0 spiro atoms. The van der Waals surface area contributed by atoms with Crippen LogP contribution in [-0.4, -0.2) is 21.7 Å². The molecular weight excluding hydrogens is 332 g/mol. The molecule has 6 heteroatoms. The Morgan fingerprint density at radius 3 is 2.38 bits per heavy atom. The van der Waals surface area contributed by atoms with Crippen molar-refractivity contribution in [2.75, 3.05) is 6.61 Å². The van der Waals surface area contributed by atoms with E-state index in [1.54, 1.807) is 31.2 Å². The first-order valence-electron chi connectivity index (χ1n) is 8.44. The molecule has 2 aromatic carbocycles. The molecule has 0 unspecified atom stereocenters. The van der Waals surface area contributed by atoms with Gasteiger partial charge in [-0.3, -0.25) is 18.7 Å². The third-order valence-corrected chi connectivity index (χ3v) is 4.19. The minimum absolute atomic E-state index is 0.144. The predicted octanol–water partition coefficient (Wildman–Crippen LogP) is 2.08. The summed E-state index contributed by atoms with van der Waals surface area (Å²) in [5.41, 5.74) is 1.47. The molecular formula is C20H20N2O4. The van der Waals surface area contributed by atoms with Crippen molar-refractivity contribution in [1.82, 2.24) is 9.13 Å². The number of ether oxygens (including phenoxy) is 1. The Balaban J connectivity index is 2.16. The highest BCUT2D eigenvalue weighted by molar-refractivity contribution is 5.80.